The van der Waals surface area contributed by atoms with Crippen LogP contribution in [0, 0.1) is 6.92 Å². The van der Waals surface area contributed by atoms with E-state index in [1.54, 1.807) is 18.2 Å². The van der Waals surface area contributed by atoms with Gasteiger partial charge in [-0.05, 0) is 31.5 Å². The number of nitrogens with two attached hydrogens (primary N) is 1. The Morgan fingerprint density at radius 3 is 2.59 bits per heavy atom. The lowest BCUT2D eigenvalue weighted by Gasteiger charge is -2.11. The van der Waals surface area contributed by atoms with Crippen LogP contribution < -0.4 is 16.2 Å². The van der Waals surface area contributed by atoms with Crippen molar-refractivity contribution in [3.63, 3.8) is 0 Å². The first-order chi connectivity index (χ1) is 14.0. The van der Waals surface area contributed by atoms with Crippen molar-refractivity contribution < 1.29 is 9.53 Å². The number of nitrogens with zero attached hydrogens (tertiary/aromatic N) is 3. The van der Waals surface area contributed by atoms with Gasteiger partial charge in [0.2, 0.25) is 0 Å². The molecular formula is C21H19N5O3. The number of aromatic amines is 1. The van der Waals surface area contributed by atoms with Gasteiger partial charge in [-0.1, -0.05) is 36.4 Å². The average molecular weight is 389 g/mol. The Kier molecular flexibility index (Phi) is 4.59. The predicted molar refractivity (Wildman–Crippen MR) is 109 cm³/mol. The van der Waals surface area contributed by atoms with Crippen molar-refractivity contribution in [2.75, 3.05) is 6.61 Å². The summed E-state index contributed by atoms with van der Waals surface area (Å²) in [5, 5.41) is 0. The normalized spacial score (nSPS) is 11.0. The SMILES string of the molecule is CCOc1ccccc1-n1c(=O)[nH]c2c(C(N)=O)nc(-c3ccccc3C)nc21. The van der Waals surface area contributed by atoms with Crippen LogP contribution in [0.3, 0.4) is 0 Å². The third-order valence-corrected chi connectivity index (χ3v) is 4.56. The molecule has 1 amide bonds. The zero-order chi connectivity index (χ0) is 20.5. The molecule has 0 unspecified atom stereocenters. The van der Waals surface area contributed by atoms with Gasteiger partial charge < -0.3 is 15.5 Å². The number of rotatable bonds is 5. The quantitative estimate of drug-likeness (QED) is 0.544. The van der Waals surface area contributed by atoms with Crippen LogP contribution in [-0.4, -0.2) is 32.0 Å². The maximum atomic E-state index is 12.8. The molecule has 0 spiro atoms. The minimum Gasteiger partial charge on any atom is -0.492 e. The number of para-hydroxylation sites is 2. The summed E-state index contributed by atoms with van der Waals surface area (Å²) >= 11 is 0. The Bertz CT molecular complexity index is 1290. The van der Waals surface area contributed by atoms with Gasteiger partial charge in [0.1, 0.15) is 11.3 Å². The van der Waals surface area contributed by atoms with E-state index in [0.29, 0.717) is 23.9 Å². The number of amides is 1. The van der Waals surface area contributed by atoms with Crippen LogP contribution in [0.25, 0.3) is 28.2 Å². The summed E-state index contributed by atoms with van der Waals surface area (Å²) in [5.74, 6) is 0.0828. The molecule has 2 aromatic carbocycles. The van der Waals surface area contributed by atoms with Gasteiger partial charge in [-0.3, -0.25) is 4.79 Å². The first-order valence-electron chi connectivity index (χ1n) is 9.12. The minimum absolute atomic E-state index is 0.0435. The number of ether oxygens (including phenoxy) is 1. The minimum atomic E-state index is -0.751. The van der Waals surface area contributed by atoms with E-state index in [4.69, 9.17) is 10.5 Å². The molecule has 0 aliphatic carbocycles. The summed E-state index contributed by atoms with van der Waals surface area (Å²) in [6.45, 7) is 4.21. The number of carbonyl (C=O) groups excluding carboxylic acids is 1. The standard InChI is InChI=1S/C21H19N5O3/c1-3-29-15-11-7-6-10-14(15)26-20-17(24-21(26)28)16(18(22)27)23-19(25-20)13-9-5-4-8-12(13)2/h4-11H,3H2,1-2H3,(H2,22,27)(H,24,28). The van der Waals surface area contributed by atoms with Crippen molar-refractivity contribution in [1.29, 1.82) is 0 Å². The fraction of sp³-hybridized carbons (Fsp3) is 0.143. The topological polar surface area (TPSA) is 116 Å². The van der Waals surface area contributed by atoms with E-state index < -0.39 is 11.6 Å². The highest BCUT2D eigenvalue weighted by atomic mass is 16.5. The first kappa shape index (κ1) is 18.4. The maximum Gasteiger partial charge on any atom is 0.332 e. The van der Waals surface area contributed by atoms with E-state index in [1.165, 1.54) is 4.57 Å². The number of hydrogen-bond acceptors (Lipinski definition) is 5. The Morgan fingerprint density at radius 2 is 1.86 bits per heavy atom. The highest BCUT2D eigenvalue weighted by Crippen LogP contribution is 2.27. The molecule has 0 bridgehead atoms. The monoisotopic (exact) mass is 389 g/mol. The molecule has 3 N–H and O–H groups in total. The van der Waals surface area contributed by atoms with Gasteiger partial charge in [-0.15, -0.1) is 0 Å². The highest BCUT2D eigenvalue weighted by molar-refractivity contribution is 6.02. The molecule has 2 aromatic heterocycles. The van der Waals surface area contributed by atoms with Gasteiger partial charge in [0, 0.05) is 5.56 Å². The molecule has 0 aliphatic rings. The van der Waals surface area contributed by atoms with Crippen molar-refractivity contribution in [2.45, 2.75) is 13.8 Å². The highest BCUT2D eigenvalue weighted by Gasteiger charge is 2.22. The van der Waals surface area contributed by atoms with Gasteiger partial charge in [0.05, 0.1) is 12.3 Å². The molecule has 146 valence electrons. The molecule has 0 fully saturated rings. The number of nitrogens with one attached hydrogen (secondary N) is 1. The lowest BCUT2D eigenvalue weighted by atomic mass is 10.1. The summed E-state index contributed by atoms with van der Waals surface area (Å²) in [6.07, 6.45) is 0. The van der Waals surface area contributed by atoms with Crippen molar-refractivity contribution in [3.8, 4) is 22.8 Å². The molecule has 0 radical (unpaired) electrons. The van der Waals surface area contributed by atoms with Crippen LogP contribution in [0.15, 0.2) is 53.3 Å². The fourth-order valence-electron chi connectivity index (χ4n) is 3.25. The third kappa shape index (κ3) is 3.14. The van der Waals surface area contributed by atoms with E-state index in [2.05, 4.69) is 15.0 Å². The molecule has 0 saturated heterocycles. The zero-order valence-corrected chi connectivity index (χ0v) is 16.0. The van der Waals surface area contributed by atoms with Crippen molar-refractivity contribution in [2.24, 2.45) is 5.73 Å². The Morgan fingerprint density at radius 1 is 1.14 bits per heavy atom. The molecule has 0 saturated carbocycles. The molecule has 8 nitrogen and oxygen atoms in total. The fourth-order valence-corrected chi connectivity index (χ4v) is 3.25. The summed E-state index contributed by atoms with van der Waals surface area (Å²) in [7, 11) is 0. The molecule has 4 aromatic rings. The van der Waals surface area contributed by atoms with Crippen LogP contribution in [-0.2, 0) is 0 Å². The number of aromatic nitrogens is 4. The Hall–Kier alpha value is -3.94. The molecule has 4 rings (SSSR count). The maximum absolute atomic E-state index is 12.8. The number of benzene rings is 2. The Balaban J connectivity index is 2.08. The number of aryl methyl sites for hydroxylation is 1. The summed E-state index contributed by atoms with van der Waals surface area (Å²) in [5.41, 5.74) is 7.67. The third-order valence-electron chi connectivity index (χ3n) is 4.56. The molecular weight excluding hydrogens is 370 g/mol. The van der Waals surface area contributed by atoms with Crippen molar-refractivity contribution in [1.82, 2.24) is 19.5 Å². The van der Waals surface area contributed by atoms with Gasteiger partial charge >= 0.3 is 5.69 Å². The second kappa shape index (κ2) is 7.23. The first-order valence-corrected chi connectivity index (χ1v) is 9.12. The largest absolute Gasteiger partial charge is 0.492 e. The van der Waals surface area contributed by atoms with Gasteiger partial charge in [-0.2, -0.15) is 0 Å². The molecule has 0 aliphatic heterocycles. The van der Waals surface area contributed by atoms with E-state index in [1.807, 2.05) is 44.2 Å². The van der Waals surface area contributed by atoms with Crippen LogP contribution in [0.4, 0.5) is 0 Å². The number of imidazole rings is 1. The number of carbonyl (C=O) groups is 1. The number of primary amides is 1. The molecule has 29 heavy (non-hydrogen) atoms. The number of hydrogen-bond donors (Lipinski definition) is 2. The van der Waals surface area contributed by atoms with E-state index in [9.17, 15) is 9.59 Å². The molecule has 0 atom stereocenters. The van der Waals surface area contributed by atoms with E-state index in [-0.39, 0.29) is 16.9 Å². The van der Waals surface area contributed by atoms with Gasteiger partial charge in [-0.25, -0.2) is 19.3 Å². The summed E-state index contributed by atoms with van der Waals surface area (Å²) in [4.78, 5) is 36.5. The molecule has 8 heteroatoms. The number of H-pyrrole nitrogens is 1. The second-order valence-electron chi connectivity index (χ2n) is 6.44. The van der Waals surface area contributed by atoms with E-state index >= 15 is 0 Å². The van der Waals surface area contributed by atoms with Crippen LogP contribution in [0.1, 0.15) is 23.0 Å². The van der Waals surface area contributed by atoms with Crippen LogP contribution in [0.2, 0.25) is 0 Å². The average Bonchev–Trinajstić information content (AvgIpc) is 3.03. The van der Waals surface area contributed by atoms with Crippen molar-refractivity contribution in [3.05, 3.63) is 70.3 Å². The zero-order valence-electron chi connectivity index (χ0n) is 16.0. The lowest BCUT2D eigenvalue weighted by molar-refractivity contribution is 0.0997. The summed E-state index contributed by atoms with van der Waals surface area (Å²) in [6, 6.07) is 14.7. The summed E-state index contributed by atoms with van der Waals surface area (Å²) < 4.78 is 7.04. The van der Waals surface area contributed by atoms with Crippen molar-refractivity contribution >= 4 is 17.1 Å². The smallest absolute Gasteiger partial charge is 0.332 e. The Labute approximate surface area is 166 Å². The van der Waals surface area contributed by atoms with E-state index in [0.717, 1.165) is 11.1 Å². The van der Waals surface area contributed by atoms with Crippen LogP contribution in [0.5, 0.6) is 5.75 Å². The van der Waals surface area contributed by atoms with Crippen LogP contribution >= 0.6 is 0 Å². The van der Waals surface area contributed by atoms with Gasteiger partial charge in [0.15, 0.2) is 17.2 Å². The predicted octanol–water partition coefficient (Wildman–Crippen LogP) is 2.58. The number of fused-ring (bicyclic) bond motifs is 1. The molecule has 2 heterocycles. The second-order valence-corrected chi connectivity index (χ2v) is 6.44. The van der Waals surface area contributed by atoms with Gasteiger partial charge in [0.25, 0.3) is 5.91 Å². The lowest BCUT2D eigenvalue weighted by Crippen LogP contribution is -2.16.